The molecule has 0 radical (unpaired) electrons. The van der Waals surface area contributed by atoms with Crippen LogP contribution < -0.4 is 11.1 Å². The molecule has 0 bridgehead atoms. The number of hydrogen-bond acceptors (Lipinski definition) is 6. The lowest BCUT2D eigenvalue weighted by molar-refractivity contribution is -0.140. The van der Waals surface area contributed by atoms with Crippen LogP contribution in [0.5, 0.6) is 0 Å². The standard InChI is InChI=1S/C11H13NO2.C6H13NO2.BH3O2.ClH/c13-11(14)10-9(6-7-12-10)8-4-2-1-3-5-8;1-4(2)3-5(7)6(8)9;2-1-3;/h1-5,9-10,12H,6-7H2,(H,13,14);4-5H,3,7H2,1-2H3,(H,8,9);1-3H;1H/t9-,10+;5-;;/m10../s1. The Hall–Kier alpha value is -1.65. The predicted octanol–water partition coefficient (Wildman–Crippen LogP) is 0.320. The second-order valence-corrected chi connectivity index (χ2v) is 6.29. The third-order valence-electron chi connectivity index (χ3n) is 3.76. The molecule has 1 aliphatic heterocycles. The third-order valence-corrected chi connectivity index (χ3v) is 3.76. The van der Waals surface area contributed by atoms with Crippen molar-refractivity contribution in [3.8, 4) is 0 Å². The van der Waals surface area contributed by atoms with Gasteiger partial charge in [-0.2, -0.15) is 0 Å². The average Bonchev–Trinajstić information content (AvgIpc) is 3.06. The van der Waals surface area contributed by atoms with Crippen LogP contribution >= 0.6 is 12.4 Å². The molecular weight excluding hydrogens is 374 g/mol. The molecule has 0 spiro atoms. The van der Waals surface area contributed by atoms with Gasteiger partial charge in [-0.25, -0.2) is 0 Å². The smallest absolute Gasteiger partial charge is 0.432 e. The van der Waals surface area contributed by atoms with E-state index in [0.717, 1.165) is 18.5 Å². The maximum Gasteiger partial charge on any atom is 0.432 e. The summed E-state index contributed by atoms with van der Waals surface area (Å²) in [6, 6.07) is 8.73. The van der Waals surface area contributed by atoms with E-state index in [0.29, 0.717) is 12.3 Å². The van der Waals surface area contributed by atoms with Crippen molar-refractivity contribution in [1.82, 2.24) is 5.32 Å². The fraction of sp³-hybridized carbons (Fsp3) is 0.529. The van der Waals surface area contributed by atoms with E-state index in [1.807, 2.05) is 44.2 Å². The minimum Gasteiger partial charge on any atom is -0.480 e. The first-order valence-electron chi connectivity index (χ1n) is 8.45. The van der Waals surface area contributed by atoms with Crippen molar-refractivity contribution in [2.24, 2.45) is 11.7 Å². The Kier molecular flexibility index (Phi) is 15.7. The van der Waals surface area contributed by atoms with Crippen molar-refractivity contribution in [2.45, 2.75) is 44.7 Å². The van der Waals surface area contributed by atoms with E-state index < -0.39 is 31.7 Å². The summed E-state index contributed by atoms with van der Waals surface area (Å²) in [5.74, 6) is -1.19. The Bertz CT molecular complexity index is 535. The molecule has 1 fully saturated rings. The Labute approximate surface area is 166 Å². The van der Waals surface area contributed by atoms with Crippen LogP contribution in [0.25, 0.3) is 0 Å². The highest BCUT2D eigenvalue weighted by Gasteiger charge is 2.33. The number of halogens is 1. The fourth-order valence-electron chi connectivity index (χ4n) is 2.63. The molecule has 1 aromatic rings. The molecule has 1 aromatic carbocycles. The van der Waals surface area contributed by atoms with Gasteiger partial charge >= 0.3 is 19.6 Å². The third kappa shape index (κ3) is 11.6. The second-order valence-electron chi connectivity index (χ2n) is 6.29. The number of nitrogens with two attached hydrogens (primary N) is 1. The molecule has 27 heavy (non-hydrogen) atoms. The molecule has 10 heteroatoms. The van der Waals surface area contributed by atoms with Crippen LogP contribution in [0.2, 0.25) is 0 Å². The first-order chi connectivity index (χ1) is 12.2. The Morgan fingerprint density at radius 3 is 2.11 bits per heavy atom. The molecule has 1 saturated heterocycles. The lowest BCUT2D eigenvalue weighted by Gasteiger charge is -2.15. The van der Waals surface area contributed by atoms with Crippen molar-refractivity contribution < 1.29 is 29.9 Å². The number of nitrogens with one attached hydrogen (secondary N) is 1. The molecule has 1 aliphatic rings. The lowest BCUT2D eigenvalue weighted by Crippen LogP contribution is -2.34. The molecule has 1 heterocycles. The summed E-state index contributed by atoms with van der Waals surface area (Å²) < 4.78 is 0. The van der Waals surface area contributed by atoms with Crippen molar-refractivity contribution in [3.63, 3.8) is 0 Å². The zero-order valence-corrected chi connectivity index (χ0v) is 16.4. The van der Waals surface area contributed by atoms with Gasteiger partial charge in [0.05, 0.1) is 0 Å². The Balaban J connectivity index is 0. The first kappa shape index (κ1) is 27.6. The number of rotatable bonds is 5. The highest BCUT2D eigenvalue weighted by atomic mass is 35.5. The molecule has 0 saturated carbocycles. The van der Waals surface area contributed by atoms with Gasteiger partial charge in [0.2, 0.25) is 0 Å². The van der Waals surface area contributed by atoms with Gasteiger partial charge in [0.15, 0.2) is 0 Å². The summed E-state index contributed by atoms with van der Waals surface area (Å²) >= 11 is 0. The molecule has 7 N–H and O–H groups in total. The summed E-state index contributed by atoms with van der Waals surface area (Å²) in [6.45, 7) is 4.68. The van der Waals surface area contributed by atoms with Gasteiger partial charge in [-0.05, 0) is 30.9 Å². The van der Waals surface area contributed by atoms with Crippen molar-refractivity contribution in [1.29, 1.82) is 0 Å². The molecule has 0 unspecified atom stereocenters. The van der Waals surface area contributed by atoms with Crippen LogP contribution in [0.15, 0.2) is 30.3 Å². The summed E-state index contributed by atoms with van der Waals surface area (Å²) in [7, 11) is -0.750. The molecule has 8 nitrogen and oxygen atoms in total. The number of carbonyl (C=O) groups is 2. The van der Waals surface area contributed by atoms with E-state index in [2.05, 4.69) is 5.32 Å². The summed E-state index contributed by atoms with van der Waals surface area (Å²) in [6.07, 6.45) is 1.45. The SMILES string of the molecule is CC(C)C[C@H](N)C(=O)O.Cl.O=C(O)[C@H]1NCC[C@@H]1c1ccccc1.OBO. The van der Waals surface area contributed by atoms with Crippen LogP contribution in [-0.2, 0) is 9.59 Å². The minimum atomic E-state index is -0.913. The average molecular weight is 405 g/mol. The van der Waals surface area contributed by atoms with Crippen LogP contribution in [0.1, 0.15) is 38.2 Å². The maximum absolute atomic E-state index is 10.9. The van der Waals surface area contributed by atoms with E-state index in [1.165, 1.54) is 0 Å². The van der Waals surface area contributed by atoms with Gasteiger partial charge in [0, 0.05) is 5.92 Å². The quantitative estimate of drug-likeness (QED) is 0.384. The largest absolute Gasteiger partial charge is 0.480 e. The topological polar surface area (TPSA) is 153 Å². The van der Waals surface area contributed by atoms with Crippen LogP contribution in [-0.4, -0.2) is 58.5 Å². The zero-order valence-electron chi connectivity index (χ0n) is 15.6. The summed E-state index contributed by atoms with van der Waals surface area (Å²) in [5.41, 5.74) is 6.33. The van der Waals surface area contributed by atoms with Crippen LogP contribution in [0.4, 0.5) is 0 Å². The number of aliphatic carboxylic acids is 2. The van der Waals surface area contributed by atoms with Gasteiger partial charge in [-0.3, -0.25) is 9.59 Å². The Morgan fingerprint density at radius 1 is 1.22 bits per heavy atom. The van der Waals surface area contributed by atoms with Gasteiger partial charge in [0.25, 0.3) is 0 Å². The molecule has 0 aromatic heterocycles. The van der Waals surface area contributed by atoms with E-state index in [4.69, 9.17) is 26.0 Å². The van der Waals surface area contributed by atoms with E-state index in [1.54, 1.807) is 0 Å². The highest BCUT2D eigenvalue weighted by Crippen LogP contribution is 2.27. The van der Waals surface area contributed by atoms with E-state index in [-0.39, 0.29) is 18.3 Å². The monoisotopic (exact) mass is 404 g/mol. The van der Waals surface area contributed by atoms with Crippen molar-refractivity contribution >= 4 is 32.0 Å². The molecule has 154 valence electrons. The second kappa shape index (κ2) is 15.4. The molecule has 0 amide bonds. The molecule has 3 atom stereocenters. The van der Waals surface area contributed by atoms with Gasteiger partial charge < -0.3 is 31.3 Å². The van der Waals surface area contributed by atoms with Crippen LogP contribution in [0, 0.1) is 5.92 Å². The van der Waals surface area contributed by atoms with Gasteiger partial charge in [-0.1, -0.05) is 44.2 Å². The van der Waals surface area contributed by atoms with Crippen molar-refractivity contribution in [2.75, 3.05) is 6.54 Å². The van der Waals surface area contributed by atoms with Gasteiger partial charge in [-0.15, -0.1) is 12.4 Å². The molecular formula is C17H30BClN2O6. The maximum atomic E-state index is 10.9. The number of hydrogen-bond donors (Lipinski definition) is 6. The minimum absolute atomic E-state index is 0. The lowest BCUT2D eigenvalue weighted by atomic mass is 9.92. The fourth-order valence-corrected chi connectivity index (χ4v) is 2.63. The normalized spacial score (nSPS) is 18.7. The molecule has 0 aliphatic carbocycles. The summed E-state index contributed by atoms with van der Waals surface area (Å²) in [4.78, 5) is 21.0. The number of carboxylic acid groups (broad SMARTS) is 2. The summed E-state index contributed by atoms with van der Waals surface area (Å²) in [5, 5.41) is 34.5. The van der Waals surface area contributed by atoms with Crippen LogP contribution in [0.3, 0.4) is 0 Å². The first-order valence-corrected chi connectivity index (χ1v) is 8.45. The number of carboxylic acids is 2. The van der Waals surface area contributed by atoms with Crippen molar-refractivity contribution in [3.05, 3.63) is 35.9 Å². The van der Waals surface area contributed by atoms with E-state index >= 15 is 0 Å². The predicted molar refractivity (Wildman–Crippen MR) is 107 cm³/mol. The van der Waals surface area contributed by atoms with E-state index in [9.17, 15) is 9.59 Å². The Morgan fingerprint density at radius 2 is 1.74 bits per heavy atom. The zero-order chi connectivity index (χ0) is 20.1. The molecule has 2 rings (SSSR count). The number of benzene rings is 1. The highest BCUT2D eigenvalue weighted by molar-refractivity contribution is 6.13. The van der Waals surface area contributed by atoms with Gasteiger partial charge in [0.1, 0.15) is 12.1 Å².